The van der Waals surface area contributed by atoms with E-state index >= 15 is 0 Å². The van der Waals surface area contributed by atoms with Crippen LogP contribution in [0.1, 0.15) is 41.1 Å². The average Bonchev–Trinajstić information content (AvgIpc) is 3.05. The van der Waals surface area contributed by atoms with Crippen LogP contribution in [0.15, 0.2) is 29.2 Å². The van der Waals surface area contributed by atoms with Crippen molar-refractivity contribution in [2.45, 2.75) is 38.1 Å². The highest BCUT2D eigenvalue weighted by atomic mass is 35.5. The van der Waals surface area contributed by atoms with E-state index in [1.54, 1.807) is 19.1 Å². The highest BCUT2D eigenvalue weighted by Gasteiger charge is 2.29. The normalized spacial score (nSPS) is 13.8. The largest absolute Gasteiger partial charge is 0.462 e. The fourth-order valence-corrected chi connectivity index (χ4v) is 5.43. The first-order valence-electron chi connectivity index (χ1n) is 9.74. The number of fused-ring (bicyclic) bond motifs is 1. The molecule has 0 saturated carbocycles. The van der Waals surface area contributed by atoms with Gasteiger partial charge in [-0.3, -0.25) is 9.69 Å². The van der Waals surface area contributed by atoms with E-state index in [0.29, 0.717) is 22.2 Å². The highest BCUT2D eigenvalue weighted by Crippen LogP contribution is 2.38. The summed E-state index contributed by atoms with van der Waals surface area (Å²) in [6.45, 7) is 7.04. The topological polar surface area (TPSA) is 58.6 Å². The Morgan fingerprint density at radius 3 is 2.72 bits per heavy atom. The average molecular weight is 453 g/mol. The van der Waals surface area contributed by atoms with Gasteiger partial charge in [-0.2, -0.15) is 0 Å². The number of ether oxygens (including phenoxy) is 1. The number of thiophene rings is 1. The van der Waals surface area contributed by atoms with Gasteiger partial charge in [0.25, 0.3) is 0 Å². The second kappa shape index (κ2) is 10.5. The van der Waals surface area contributed by atoms with Crippen LogP contribution in [0.2, 0.25) is 5.02 Å². The molecule has 0 saturated heterocycles. The molecule has 1 aliphatic heterocycles. The van der Waals surface area contributed by atoms with E-state index < -0.39 is 0 Å². The monoisotopic (exact) mass is 452 g/mol. The molecule has 2 heterocycles. The lowest BCUT2D eigenvalue weighted by Gasteiger charge is -2.26. The van der Waals surface area contributed by atoms with Crippen LogP contribution >= 0.6 is 34.7 Å². The molecule has 1 N–H and O–H groups in total. The third-order valence-corrected chi connectivity index (χ3v) is 6.99. The Labute approximate surface area is 184 Å². The van der Waals surface area contributed by atoms with Crippen LogP contribution in [0.3, 0.4) is 0 Å². The summed E-state index contributed by atoms with van der Waals surface area (Å²) in [5.74, 6) is -0.233. The molecule has 1 amide bonds. The smallest absolute Gasteiger partial charge is 0.341 e. The van der Waals surface area contributed by atoms with Crippen molar-refractivity contribution in [3.8, 4) is 0 Å². The number of carbonyl (C=O) groups is 2. The summed E-state index contributed by atoms with van der Waals surface area (Å²) in [5.41, 5.74) is 1.56. The minimum absolute atomic E-state index is 0.139. The Kier molecular flexibility index (Phi) is 8.00. The first-order chi connectivity index (χ1) is 14.0. The van der Waals surface area contributed by atoms with Crippen molar-refractivity contribution in [2.75, 3.05) is 30.8 Å². The number of hydrogen-bond donors (Lipinski definition) is 1. The van der Waals surface area contributed by atoms with Gasteiger partial charge in [-0.1, -0.05) is 18.5 Å². The molecule has 0 unspecified atom stereocenters. The number of nitrogens with zero attached hydrogens (tertiary/aromatic N) is 1. The maximum Gasteiger partial charge on any atom is 0.341 e. The van der Waals surface area contributed by atoms with E-state index in [1.807, 2.05) is 12.1 Å². The maximum atomic E-state index is 12.6. The standard InChI is InChI=1S/C21H25ClN2O3S2/c1-3-10-24-11-9-16-17(12-24)29-20(19(16)21(26)27-4-2)23-18(25)13-28-15-7-5-14(22)6-8-15/h5-8H,3-4,9-13H2,1-2H3,(H,23,25). The third-order valence-electron chi connectivity index (χ3n) is 4.59. The second-order valence-electron chi connectivity index (χ2n) is 6.75. The van der Waals surface area contributed by atoms with E-state index in [1.165, 1.54) is 23.1 Å². The molecule has 0 spiro atoms. The molecular formula is C21H25ClN2O3S2. The van der Waals surface area contributed by atoms with Gasteiger partial charge in [-0.15, -0.1) is 23.1 Å². The Morgan fingerprint density at radius 2 is 2.03 bits per heavy atom. The molecular weight excluding hydrogens is 428 g/mol. The van der Waals surface area contributed by atoms with Gasteiger partial charge >= 0.3 is 5.97 Å². The van der Waals surface area contributed by atoms with Crippen LogP contribution in [0.25, 0.3) is 0 Å². The van der Waals surface area contributed by atoms with Crippen molar-refractivity contribution in [1.82, 2.24) is 4.90 Å². The summed E-state index contributed by atoms with van der Waals surface area (Å²) in [6.07, 6.45) is 1.90. The zero-order valence-electron chi connectivity index (χ0n) is 16.6. The van der Waals surface area contributed by atoms with E-state index in [9.17, 15) is 9.59 Å². The van der Waals surface area contributed by atoms with Crippen molar-refractivity contribution in [3.63, 3.8) is 0 Å². The predicted molar refractivity (Wildman–Crippen MR) is 120 cm³/mol. The number of amides is 1. The van der Waals surface area contributed by atoms with E-state index in [2.05, 4.69) is 17.1 Å². The minimum atomic E-state index is -0.352. The SMILES string of the molecule is CCCN1CCc2c(sc(NC(=O)CSc3ccc(Cl)cc3)c2C(=O)OCC)C1. The van der Waals surface area contributed by atoms with Crippen LogP contribution in [-0.2, 0) is 22.5 Å². The Balaban J connectivity index is 1.74. The number of benzene rings is 1. The number of hydrogen-bond acceptors (Lipinski definition) is 6. The van der Waals surface area contributed by atoms with Crippen LogP contribution < -0.4 is 5.32 Å². The Bertz CT molecular complexity index is 868. The fourth-order valence-electron chi connectivity index (χ4n) is 3.31. The molecule has 0 fully saturated rings. The van der Waals surface area contributed by atoms with E-state index in [0.717, 1.165) is 47.8 Å². The fraction of sp³-hybridized carbons (Fsp3) is 0.429. The number of carbonyl (C=O) groups excluding carboxylic acids is 2. The number of halogens is 1. The van der Waals surface area contributed by atoms with Crippen molar-refractivity contribution >= 4 is 51.6 Å². The highest BCUT2D eigenvalue weighted by molar-refractivity contribution is 8.00. The molecule has 156 valence electrons. The van der Waals surface area contributed by atoms with Crippen LogP contribution in [-0.4, -0.2) is 42.2 Å². The number of rotatable bonds is 8. The summed E-state index contributed by atoms with van der Waals surface area (Å²) in [7, 11) is 0. The lowest BCUT2D eigenvalue weighted by Crippen LogP contribution is -2.30. The number of nitrogens with one attached hydrogen (secondary N) is 1. The van der Waals surface area contributed by atoms with Crippen LogP contribution in [0.5, 0.6) is 0 Å². The molecule has 5 nitrogen and oxygen atoms in total. The summed E-state index contributed by atoms with van der Waals surface area (Å²) in [5, 5.41) is 4.22. The minimum Gasteiger partial charge on any atom is -0.462 e. The third kappa shape index (κ3) is 5.75. The molecule has 0 radical (unpaired) electrons. The number of anilines is 1. The van der Waals surface area contributed by atoms with Gasteiger partial charge in [0.15, 0.2) is 0 Å². The molecule has 29 heavy (non-hydrogen) atoms. The van der Waals surface area contributed by atoms with E-state index in [-0.39, 0.29) is 17.6 Å². The molecule has 0 atom stereocenters. The van der Waals surface area contributed by atoms with Crippen molar-refractivity contribution in [3.05, 3.63) is 45.3 Å². The van der Waals surface area contributed by atoms with Gasteiger partial charge in [0.1, 0.15) is 5.00 Å². The second-order valence-corrected chi connectivity index (χ2v) is 9.34. The van der Waals surface area contributed by atoms with Crippen molar-refractivity contribution in [2.24, 2.45) is 0 Å². The number of thioether (sulfide) groups is 1. The van der Waals surface area contributed by atoms with Crippen LogP contribution in [0, 0.1) is 0 Å². The maximum absolute atomic E-state index is 12.6. The first kappa shape index (κ1) is 22.2. The van der Waals surface area contributed by atoms with Crippen molar-refractivity contribution in [1.29, 1.82) is 0 Å². The van der Waals surface area contributed by atoms with Gasteiger partial charge < -0.3 is 10.1 Å². The lowest BCUT2D eigenvalue weighted by molar-refractivity contribution is -0.113. The predicted octanol–water partition coefficient (Wildman–Crippen LogP) is 5.08. The summed E-state index contributed by atoms with van der Waals surface area (Å²) >= 11 is 8.83. The molecule has 8 heteroatoms. The van der Waals surface area contributed by atoms with Gasteiger partial charge in [-0.05, 0) is 56.1 Å². The Morgan fingerprint density at radius 1 is 1.28 bits per heavy atom. The molecule has 2 aromatic rings. The summed E-state index contributed by atoms with van der Waals surface area (Å²) in [4.78, 5) is 29.7. The van der Waals surface area contributed by atoms with E-state index in [4.69, 9.17) is 16.3 Å². The molecule has 3 rings (SSSR count). The quantitative estimate of drug-likeness (QED) is 0.447. The first-order valence-corrected chi connectivity index (χ1v) is 11.9. The molecule has 1 aliphatic rings. The Hall–Kier alpha value is -1.54. The van der Waals surface area contributed by atoms with Gasteiger partial charge in [0.05, 0.1) is 17.9 Å². The lowest BCUT2D eigenvalue weighted by atomic mass is 10.0. The molecule has 1 aromatic heterocycles. The molecule has 0 bridgehead atoms. The molecule has 0 aliphatic carbocycles. The number of esters is 1. The summed E-state index contributed by atoms with van der Waals surface area (Å²) in [6, 6.07) is 7.37. The van der Waals surface area contributed by atoms with Gasteiger partial charge in [0.2, 0.25) is 5.91 Å². The zero-order chi connectivity index (χ0) is 20.8. The van der Waals surface area contributed by atoms with Gasteiger partial charge in [-0.25, -0.2) is 4.79 Å². The summed E-state index contributed by atoms with van der Waals surface area (Å²) < 4.78 is 5.27. The zero-order valence-corrected chi connectivity index (χ0v) is 19.0. The van der Waals surface area contributed by atoms with Crippen LogP contribution in [0.4, 0.5) is 5.00 Å². The van der Waals surface area contributed by atoms with Crippen molar-refractivity contribution < 1.29 is 14.3 Å². The molecule has 1 aromatic carbocycles. The van der Waals surface area contributed by atoms with Gasteiger partial charge in [0, 0.05) is 27.9 Å².